The van der Waals surface area contributed by atoms with Crippen LogP contribution in [0.15, 0.2) is 24.3 Å². The summed E-state index contributed by atoms with van der Waals surface area (Å²) in [6, 6.07) is 10.7. The summed E-state index contributed by atoms with van der Waals surface area (Å²) in [5.74, 6) is 0.964. The van der Waals surface area contributed by atoms with Crippen molar-refractivity contribution in [1.29, 1.82) is 5.26 Å². The van der Waals surface area contributed by atoms with E-state index in [9.17, 15) is 0 Å². The van der Waals surface area contributed by atoms with Gasteiger partial charge in [0.05, 0.1) is 18.1 Å². The molecule has 1 heterocycles. The number of benzene rings is 1. The number of nitrogens with one attached hydrogen (secondary N) is 1. The topological polar surface area (TPSA) is 45.0 Å². The Hall–Kier alpha value is -1.53. The molecule has 1 aliphatic rings. The average Bonchev–Trinajstić information content (AvgIpc) is 2.36. The van der Waals surface area contributed by atoms with Crippen molar-refractivity contribution < 1.29 is 4.74 Å². The molecule has 1 atom stereocenters. The first-order chi connectivity index (χ1) is 8.12. The fourth-order valence-electron chi connectivity index (χ4n) is 1.97. The van der Waals surface area contributed by atoms with Crippen LogP contribution in [0.3, 0.4) is 0 Å². The van der Waals surface area contributed by atoms with Gasteiger partial charge in [0.2, 0.25) is 0 Å². The molecule has 0 saturated heterocycles. The van der Waals surface area contributed by atoms with Crippen LogP contribution in [0.1, 0.15) is 31.9 Å². The van der Waals surface area contributed by atoms with Gasteiger partial charge in [0, 0.05) is 24.6 Å². The number of hydrogen-bond donors (Lipinski definition) is 1. The third-order valence-corrected chi connectivity index (χ3v) is 3.05. The maximum atomic E-state index is 9.00. The van der Waals surface area contributed by atoms with E-state index in [0.29, 0.717) is 12.6 Å². The molecule has 90 valence electrons. The number of fused-ring (bicyclic) bond motifs is 1. The van der Waals surface area contributed by atoms with Crippen LogP contribution in [0.4, 0.5) is 0 Å². The van der Waals surface area contributed by atoms with Crippen molar-refractivity contribution in [2.75, 3.05) is 13.2 Å². The second kappa shape index (κ2) is 4.77. The highest BCUT2D eigenvalue weighted by atomic mass is 16.5. The zero-order valence-electron chi connectivity index (χ0n) is 10.4. The molecular weight excluding hydrogens is 212 g/mol. The van der Waals surface area contributed by atoms with E-state index in [-0.39, 0.29) is 5.41 Å². The highest BCUT2D eigenvalue weighted by molar-refractivity contribution is 5.37. The zero-order chi connectivity index (χ0) is 12.3. The van der Waals surface area contributed by atoms with Crippen LogP contribution in [-0.2, 0) is 0 Å². The van der Waals surface area contributed by atoms with Crippen molar-refractivity contribution in [1.82, 2.24) is 5.32 Å². The Balaban J connectivity index is 2.07. The van der Waals surface area contributed by atoms with Gasteiger partial charge in [0.25, 0.3) is 0 Å². The van der Waals surface area contributed by atoms with Crippen LogP contribution in [-0.4, -0.2) is 13.2 Å². The van der Waals surface area contributed by atoms with Crippen molar-refractivity contribution in [2.45, 2.75) is 26.3 Å². The van der Waals surface area contributed by atoms with E-state index in [4.69, 9.17) is 10.00 Å². The first-order valence-corrected chi connectivity index (χ1v) is 5.99. The van der Waals surface area contributed by atoms with Gasteiger partial charge in [-0.3, -0.25) is 0 Å². The second-order valence-electron chi connectivity index (χ2n) is 5.10. The lowest BCUT2D eigenvalue weighted by Gasteiger charge is -2.28. The summed E-state index contributed by atoms with van der Waals surface area (Å²) in [4.78, 5) is 0. The Labute approximate surface area is 102 Å². The molecule has 0 spiro atoms. The highest BCUT2D eigenvalue weighted by Gasteiger charge is 2.24. The minimum Gasteiger partial charge on any atom is -0.493 e. The second-order valence-corrected chi connectivity index (χ2v) is 5.10. The predicted octanol–water partition coefficient (Wildman–Crippen LogP) is 2.65. The van der Waals surface area contributed by atoms with Crippen LogP contribution < -0.4 is 10.1 Å². The molecule has 1 N–H and O–H groups in total. The molecule has 1 aromatic carbocycles. The zero-order valence-corrected chi connectivity index (χ0v) is 10.4. The normalized spacial score (nSPS) is 19.0. The summed E-state index contributed by atoms with van der Waals surface area (Å²) in [7, 11) is 0. The van der Waals surface area contributed by atoms with E-state index in [2.05, 4.69) is 17.5 Å². The smallest absolute Gasteiger partial charge is 0.124 e. The Morgan fingerprint density at radius 1 is 1.47 bits per heavy atom. The van der Waals surface area contributed by atoms with Crippen molar-refractivity contribution in [2.24, 2.45) is 5.41 Å². The van der Waals surface area contributed by atoms with Gasteiger partial charge in [0.1, 0.15) is 5.75 Å². The van der Waals surface area contributed by atoms with Crippen LogP contribution in [0.25, 0.3) is 0 Å². The van der Waals surface area contributed by atoms with Gasteiger partial charge in [-0.25, -0.2) is 0 Å². The van der Waals surface area contributed by atoms with E-state index < -0.39 is 0 Å². The lowest BCUT2D eigenvalue weighted by Crippen LogP contribution is -2.34. The molecule has 17 heavy (non-hydrogen) atoms. The Morgan fingerprint density at radius 3 is 3.00 bits per heavy atom. The molecular formula is C14H18N2O. The summed E-state index contributed by atoms with van der Waals surface area (Å²) in [6.45, 7) is 5.33. The first kappa shape index (κ1) is 11.9. The predicted molar refractivity (Wildman–Crippen MR) is 66.7 cm³/mol. The third-order valence-electron chi connectivity index (χ3n) is 3.05. The fraction of sp³-hybridized carbons (Fsp3) is 0.500. The average molecular weight is 230 g/mol. The maximum Gasteiger partial charge on any atom is 0.124 e. The molecule has 2 rings (SSSR count). The van der Waals surface area contributed by atoms with Gasteiger partial charge in [-0.2, -0.15) is 5.26 Å². The van der Waals surface area contributed by atoms with Gasteiger partial charge in [-0.1, -0.05) is 18.2 Å². The minimum atomic E-state index is -0.326. The molecule has 0 aromatic heterocycles. The molecule has 3 heteroatoms. The van der Waals surface area contributed by atoms with Gasteiger partial charge < -0.3 is 10.1 Å². The lowest BCUT2D eigenvalue weighted by molar-refractivity contribution is 0.245. The van der Waals surface area contributed by atoms with E-state index in [1.165, 1.54) is 5.56 Å². The number of hydrogen-bond acceptors (Lipinski definition) is 3. The Kier molecular flexibility index (Phi) is 3.35. The summed E-state index contributed by atoms with van der Waals surface area (Å²) in [6.07, 6.45) is 0.957. The van der Waals surface area contributed by atoms with E-state index in [1.807, 2.05) is 32.0 Å². The quantitative estimate of drug-likeness (QED) is 0.868. The van der Waals surface area contributed by atoms with Crippen molar-refractivity contribution in [3.63, 3.8) is 0 Å². The lowest BCUT2D eigenvalue weighted by atomic mass is 9.94. The van der Waals surface area contributed by atoms with Crippen molar-refractivity contribution >= 4 is 0 Å². The van der Waals surface area contributed by atoms with E-state index >= 15 is 0 Å². The third kappa shape index (κ3) is 2.78. The molecule has 0 saturated carbocycles. The number of para-hydroxylation sites is 1. The minimum absolute atomic E-state index is 0.299. The highest BCUT2D eigenvalue weighted by Crippen LogP contribution is 2.31. The SMILES string of the molecule is CC(C)(C#N)CNC1CCOc2ccccc21. The summed E-state index contributed by atoms with van der Waals surface area (Å²) >= 11 is 0. The van der Waals surface area contributed by atoms with Crippen LogP contribution in [0.2, 0.25) is 0 Å². The molecule has 1 unspecified atom stereocenters. The molecule has 1 aliphatic heterocycles. The Morgan fingerprint density at radius 2 is 2.24 bits per heavy atom. The monoisotopic (exact) mass is 230 g/mol. The van der Waals surface area contributed by atoms with Gasteiger partial charge in [-0.05, 0) is 19.9 Å². The maximum absolute atomic E-state index is 9.00. The van der Waals surface area contributed by atoms with Gasteiger partial charge >= 0.3 is 0 Å². The first-order valence-electron chi connectivity index (χ1n) is 5.99. The van der Waals surface area contributed by atoms with Crippen LogP contribution in [0, 0.1) is 16.7 Å². The molecule has 0 amide bonds. The summed E-state index contributed by atoms with van der Waals surface area (Å²) < 4.78 is 5.61. The van der Waals surface area contributed by atoms with Gasteiger partial charge in [-0.15, -0.1) is 0 Å². The van der Waals surface area contributed by atoms with Crippen molar-refractivity contribution in [3.05, 3.63) is 29.8 Å². The number of nitriles is 1. The largest absolute Gasteiger partial charge is 0.493 e. The molecule has 0 aliphatic carbocycles. The Bertz CT molecular complexity index is 434. The van der Waals surface area contributed by atoms with Gasteiger partial charge in [0.15, 0.2) is 0 Å². The molecule has 0 radical (unpaired) electrons. The summed E-state index contributed by atoms with van der Waals surface area (Å²) in [5, 5.41) is 12.5. The van der Waals surface area contributed by atoms with Crippen molar-refractivity contribution in [3.8, 4) is 11.8 Å². The molecule has 0 bridgehead atoms. The standard InChI is InChI=1S/C14H18N2O/c1-14(2,9-15)10-16-12-7-8-17-13-6-4-3-5-11(12)13/h3-6,12,16H,7-8,10H2,1-2H3. The fourth-order valence-corrected chi connectivity index (χ4v) is 1.97. The number of nitrogens with zero attached hydrogens (tertiary/aromatic N) is 1. The van der Waals surface area contributed by atoms with E-state index in [1.54, 1.807) is 0 Å². The van der Waals surface area contributed by atoms with E-state index in [0.717, 1.165) is 18.8 Å². The molecule has 1 aromatic rings. The number of ether oxygens (including phenoxy) is 1. The number of rotatable bonds is 3. The van der Waals surface area contributed by atoms with Crippen LogP contribution in [0.5, 0.6) is 5.75 Å². The van der Waals surface area contributed by atoms with Crippen LogP contribution >= 0.6 is 0 Å². The molecule has 0 fully saturated rings. The molecule has 3 nitrogen and oxygen atoms in total. The summed E-state index contributed by atoms with van der Waals surface area (Å²) in [5.41, 5.74) is 0.875.